The second kappa shape index (κ2) is 6.39. The second-order valence-corrected chi connectivity index (χ2v) is 5.72. The molecule has 1 heterocycles. The summed E-state index contributed by atoms with van der Waals surface area (Å²) in [5.74, 6) is -0.0183. The predicted octanol–water partition coefficient (Wildman–Crippen LogP) is 3.94. The molecule has 0 fully saturated rings. The molecule has 118 valence electrons. The lowest BCUT2D eigenvalue weighted by molar-refractivity contribution is 0.0652. The predicted molar refractivity (Wildman–Crippen MR) is 83.8 cm³/mol. The van der Waals surface area contributed by atoms with Crippen LogP contribution in [0.5, 0.6) is 11.5 Å². The molecule has 0 atom stereocenters. The summed E-state index contributed by atoms with van der Waals surface area (Å²) >= 11 is 3.48. The fraction of sp³-hybridized carbons (Fsp3) is 0.333. The Morgan fingerprint density at radius 3 is 2.36 bits per heavy atom. The summed E-state index contributed by atoms with van der Waals surface area (Å²) in [6.45, 7) is 4.07. The van der Waals surface area contributed by atoms with Crippen LogP contribution in [0.3, 0.4) is 0 Å². The van der Waals surface area contributed by atoms with Gasteiger partial charge in [0.2, 0.25) is 5.76 Å². The molecule has 0 aliphatic carbocycles. The van der Waals surface area contributed by atoms with E-state index in [0.717, 1.165) is 5.56 Å². The van der Waals surface area contributed by atoms with Crippen LogP contribution in [0.25, 0.3) is 11.3 Å². The molecule has 0 aliphatic rings. The van der Waals surface area contributed by atoms with E-state index >= 15 is 0 Å². The Hall–Kier alpha value is -2.02. The molecule has 2 rings (SSSR count). The highest BCUT2D eigenvalue weighted by Crippen LogP contribution is 2.46. The van der Waals surface area contributed by atoms with Crippen molar-refractivity contribution in [3.8, 4) is 22.8 Å². The quantitative estimate of drug-likeness (QED) is 0.859. The second-order valence-electron chi connectivity index (χ2n) is 4.93. The summed E-state index contributed by atoms with van der Waals surface area (Å²) in [5.41, 5.74) is 1.97. The maximum Gasteiger partial charge on any atom is 0.374 e. The van der Waals surface area contributed by atoms with E-state index in [1.54, 1.807) is 7.11 Å². The maximum absolute atomic E-state index is 10.9. The van der Waals surface area contributed by atoms with Crippen LogP contribution in [-0.2, 0) is 0 Å². The van der Waals surface area contributed by atoms with Crippen LogP contribution in [0.4, 0.5) is 0 Å². The van der Waals surface area contributed by atoms with Crippen molar-refractivity contribution >= 4 is 21.9 Å². The van der Waals surface area contributed by atoms with E-state index in [-0.39, 0.29) is 11.7 Å². The Morgan fingerprint density at radius 2 is 1.91 bits per heavy atom. The zero-order valence-corrected chi connectivity index (χ0v) is 14.2. The van der Waals surface area contributed by atoms with E-state index in [9.17, 15) is 4.79 Å². The molecule has 7 heteroatoms. The number of aromatic carboxylic acids is 1. The topological polar surface area (TPSA) is 81.8 Å². The van der Waals surface area contributed by atoms with E-state index in [0.29, 0.717) is 27.2 Å². The Kier molecular flexibility index (Phi) is 4.75. The third-order valence-corrected chi connectivity index (χ3v) is 3.95. The average Bonchev–Trinajstić information content (AvgIpc) is 2.95. The molecular formula is C15H16BrNO5. The number of carbonyl (C=O) groups is 1. The summed E-state index contributed by atoms with van der Waals surface area (Å²) in [6, 6.07) is 3.24. The van der Waals surface area contributed by atoms with Gasteiger partial charge in [-0.1, -0.05) is 19.0 Å². The molecule has 2 aromatic rings. The summed E-state index contributed by atoms with van der Waals surface area (Å²) in [7, 11) is 3.11. The molecule has 1 aromatic heterocycles. The number of carboxylic acids is 1. The fourth-order valence-corrected chi connectivity index (χ4v) is 2.93. The molecule has 22 heavy (non-hydrogen) atoms. The fourth-order valence-electron chi connectivity index (χ4n) is 2.16. The van der Waals surface area contributed by atoms with Crippen molar-refractivity contribution in [1.29, 1.82) is 0 Å². The Morgan fingerprint density at radius 1 is 1.27 bits per heavy atom. The van der Waals surface area contributed by atoms with E-state index in [4.69, 9.17) is 19.1 Å². The minimum Gasteiger partial charge on any atom is -0.495 e. The van der Waals surface area contributed by atoms with Crippen LogP contribution in [0.2, 0.25) is 0 Å². The van der Waals surface area contributed by atoms with Crippen LogP contribution in [0.15, 0.2) is 21.1 Å². The molecule has 0 aliphatic heterocycles. The van der Waals surface area contributed by atoms with E-state index < -0.39 is 5.97 Å². The van der Waals surface area contributed by atoms with Gasteiger partial charge < -0.3 is 19.1 Å². The molecule has 0 spiro atoms. The Labute approximate surface area is 136 Å². The number of methoxy groups -OCH3 is 2. The molecule has 6 nitrogen and oxygen atoms in total. The highest BCUT2D eigenvalue weighted by atomic mass is 79.9. The number of benzene rings is 1. The SMILES string of the molecule is COc1c(-c2cc(C(=O)O)on2)cc(C(C)C)c(OC)c1Br. The van der Waals surface area contributed by atoms with Crippen molar-refractivity contribution in [1.82, 2.24) is 5.16 Å². The number of hydrogen-bond donors (Lipinski definition) is 1. The molecule has 1 N–H and O–H groups in total. The Balaban J connectivity index is 2.70. The van der Waals surface area contributed by atoms with Crippen molar-refractivity contribution in [3.05, 3.63) is 27.9 Å². The molecule has 0 saturated heterocycles. The average molecular weight is 370 g/mol. The van der Waals surface area contributed by atoms with Gasteiger partial charge in [-0.05, 0) is 33.5 Å². The summed E-state index contributed by atoms with van der Waals surface area (Å²) in [4.78, 5) is 10.9. The molecule has 0 bridgehead atoms. The first-order valence-corrected chi connectivity index (χ1v) is 7.34. The zero-order chi connectivity index (χ0) is 16.4. The lowest BCUT2D eigenvalue weighted by Gasteiger charge is -2.18. The molecule has 0 saturated carbocycles. The third kappa shape index (κ3) is 2.81. The summed E-state index contributed by atoms with van der Waals surface area (Å²) in [6.07, 6.45) is 0. The van der Waals surface area contributed by atoms with Gasteiger partial charge in [0.05, 0.1) is 14.2 Å². The highest BCUT2D eigenvalue weighted by molar-refractivity contribution is 9.10. The monoisotopic (exact) mass is 369 g/mol. The first-order valence-electron chi connectivity index (χ1n) is 6.55. The first-order chi connectivity index (χ1) is 10.4. The highest BCUT2D eigenvalue weighted by Gasteiger charge is 2.23. The number of carboxylic acid groups (broad SMARTS) is 1. The van der Waals surface area contributed by atoms with Crippen molar-refractivity contribution in [3.63, 3.8) is 0 Å². The van der Waals surface area contributed by atoms with Gasteiger partial charge in [-0.25, -0.2) is 4.79 Å². The van der Waals surface area contributed by atoms with Crippen LogP contribution < -0.4 is 9.47 Å². The number of aromatic nitrogens is 1. The molecule has 0 radical (unpaired) electrons. The number of hydrogen-bond acceptors (Lipinski definition) is 5. The number of rotatable bonds is 5. The molecule has 0 amide bonds. The van der Waals surface area contributed by atoms with E-state index in [2.05, 4.69) is 21.1 Å². The van der Waals surface area contributed by atoms with Crippen LogP contribution in [-0.4, -0.2) is 30.5 Å². The van der Waals surface area contributed by atoms with Crippen molar-refractivity contribution < 1.29 is 23.9 Å². The van der Waals surface area contributed by atoms with Crippen LogP contribution >= 0.6 is 15.9 Å². The minimum absolute atomic E-state index is 0.196. The third-order valence-electron chi connectivity index (χ3n) is 3.23. The molecular weight excluding hydrogens is 354 g/mol. The van der Waals surface area contributed by atoms with Crippen LogP contribution in [0, 0.1) is 0 Å². The smallest absolute Gasteiger partial charge is 0.374 e. The lowest BCUT2D eigenvalue weighted by Crippen LogP contribution is -2.00. The van der Waals surface area contributed by atoms with Gasteiger partial charge in [0, 0.05) is 11.6 Å². The molecule has 1 aromatic carbocycles. The first kappa shape index (κ1) is 16.4. The maximum atomic E-state index is 10.9. The van der Waals surface area contributed by atoms with E-state index in [1.165, 1.54) is 13.2 Å². The van der Waals surface area contributed by atoms with Gasteiger partial charge in [-0.15, -0.1) is 0 Å². The lowest BCUT2D eigenvalue weighted by atomic mass is 9.97. The number of nitrogens with zero attached hydrogens (tertiary/aromatic N) is 1. The summed E-state index contributed by atoms with van der Waals surface area (Å²) in [5, 5.41) is 12.8. The van der Waals surface area contributed by atoms with Gasteiger partial charge in [-0.2, -0.15) is 0 Å². The summed E-state index contributed by atoms with van der Waals surface area (Å²) < 4.78 is 16.3. The van der Waals surface area contributed by atoms with E-state index in [1.807, 2.05) is 19.9 Å². The van der Waals surface area contributed by atoms with Gasteiger partial charge >= 0.3 is 5.97 Å². The van der Waals surface area contributed by atoms with Crippen LogP contribution in [0.1, 0.15) is 35.9 Å². The molecule has 0 unspecified atom stereocenters. The largest absolute Gasteiger partial charge is 0.495 e. The zero-order valence-electron chi connectivity index (χ0n) is 12.6. The van der Waals surface area contributed by atoms with Gasteiger partial charge in [0.25, 0.3) is 0 Å². The van der Waals surface area contributed by atoms with Crippen molar-refractivity contribution in [2.75, 3.05) is 14.2 Å². The number of ether oxygens (including phenoxy) is 2. The Bertz CT molecular complexity index is 708. The van der Waals surface area contributed by atoms with Gasteiger partial charge in [-0.3, -0.25) is 0 Å². The minimum atomic E-state index is -1.17. The normalized spacial score (nSPS) is 10.8. The number of halogens is 1. The van der Waals surface area contributed by atoms with Gasteiger partial charge in [0.15, 0.2) is 0 Å². The van der Waals surface area contributed by atoms with Crippen molar-refractivity contribution in [2.24, 2.45) is 0 Å². The van der Waals surface area contributed by atoms with Crippen molar-refractivity contribution in [2.45, 2.75) is 19.8 Å². The standard InChI is InChI=1S/C15H16BrNO5/c1-7(2)8-5-9(10-6-11(15(18)19)22-17-10)14(21-4)12(16)13(8)20-3/h5-7H,1-4H3,(H,18,19). The van der Waals surface area contributed by atoms with Gasteiger partial charge in [0.1, 0.15) is 21.7 Å².